The van der Waals surface area contributed by atoms with Crippen molar-refractivity contribution in [2.24, 2.45) is 0 Å². The first-order chi connectivity index (χ1) is 16.5. The third kappa shape index (κ3) is 4.51. The quantitative estimate of drug-likeness (QED) is 0.441. The molecule has 5 rings (SSSR count). The minimum atomic E-state index is -0.568. The van der Waals surface area contributed by atoms with Gasteiger partial charge in [-0.3, -0.25) is 9.59 Å². The molecule has 3 heterocycles. The molecule has 2 aromatic carbocycles. The lowest BCUT2D eigenvalue weighted by molar-refractivity contribution is -0.138. The molecule has 1 aliphatic heterocycles. The van der Waals surface area contributed by atoms with E-state index in [1.54, 1.807) is 6.92 Å². The van der Waals surface area contributed by atoms with Crippen LogP contribution in [0.3, 0.4) is 0 Å². The maximum Gasteiger partial charge on any atom is 0.277 e. The van der Waals surface area contributed by atoms with Crippen molar-refractivity contribution in [3.8, 4) is 16.3 Å². The van der Waals surface area contributed by atoms with E-state index in [0.717, 1.165) is 16.1 Å². The molecule has 34 heavy (non-hydrogen) atoms. The lowest BCUT2D eigenvalue weighted by Gasteiger charge is -2.36. The lowest BCUT2D eigenvalue weighted by Crippen LogP contribution is -2.52. The van der Waals surface area contributed by atoms with E-state index in [1.165, 1.54) is 21.9 Å². The van der Waals surface area contributed by atoms with E-state index in [9.17, 15) is 9.59 Å². The molecule has 0 N–H and O–H groups in total. The number of fused-ring (bicyclic) bond motifs is 1. The van der Waals surface area contributed by atoms with Gasteiger partial charge in [-0.2, -0.15) is 9.61 Å². The SMILES string of the molecule is Cc1cccc(O[C@H](C)C(=O)N2CCN(c3cc(=O)n4nc(-c5ccccc5)sc4n3)CC2)c1. The third-order valence-electron chi connectivity index (χ3n) is 5.82. The summed E-state index contributed by atoms with van der Waals surface area (Å²) in [5, 5.41) is 5.19. The van der Waals surface area contributed by atoms with Crippen molar-refractivity contribution < 1.29 is 9.53 Å². The van der Waals surface area contributed by atoms with E-state index in [-0.39, 0.29) is 11.5 Å². The molecule has 0 radical (unpaired) electrons. The molecule has 1 amide bonds. The smallest absolute Gasteiger partial charge is 0.277 e. The van der Waals surface area contributed by atoms with Crippen LogP contribution in [0.25, 0.3) is 15.5 Å². The van der Waals surface area contributed by atoms with Crippen LogP contribution in [-0.4, -0.2) is 57.7 Å². The number of carbonyl (C=O) groups is 1. The van der Waals surface area contributed by atoms with E-state index >= 15 is 0 Å². The summed E-state index contributed by atoms with van der Waals surface area (Å²) in [4.78, 5) is 34.7. The van der Waals surface area contributed by atoms with Crippen molar-refractivity contribution in [3.05, 3.63) is 76.6 Å². The molecule has 4 aromatic rings. The minimum absolute atomic E-state index is 0.0420. The van der Waals surface area contributed by atoms with Gasteiger partial charge in [-0.15, -0.1) is 0 Å². The topological polar surface area (TPSA) is 80.0 Å². The summed E-state index contributed by atoms with van der Waals surface area (Å²) in [6.07, 6.45) is -0.568. The summed E-state index contributed by atoms with van der Waals surface area (Å²) >= 11 is 1.39. The molecule has 0 unspecified atom stereocenters. The maximum absolute atomic E-state index is 12.9. The zero-order valence-electron chi connectivity index (χ0n) is 19.0. The van der Waals surface area contributed by atoms with Crippen LogP contribution >= 0.6 is 11.3 Å². The van der Waals surface area contributed by atoms with E-state index in [2.05, 4.69) is 5.10 Å². The number of carbonyl (C=O) groups excluding carboxylic acids is 1. The van der Waals surface area contributed by atoms with E-state index in [4.69, 9.17) is 9.72 Å². The van der Waals surface area contributed by atoms with Crippen molar-refractivity contribution in [2.75, 3.05) is 31.1 Å². The van der Waals surface area contributed by atoms with Crippen LogP contribution in [-0.2, 0) is 4.79 Å². The molecule has 2 aromatic heterocycles. The standard InChI is InChI=1S/C25H25N5O3S/c1-17-7-6-10-20(15-17)33-18(2)24(32)29-13-11-28(12-14-29)21-16-22(31)30-25(26-21)34-23(27-30)19-8-4-3-5-9-19/h3-10,15-16,18H,11-14H2,1-2H3/t18-/m1/s1. The third-order valence-corrected chi connectivity index (χ3v) is 6.78. The van der Waals surface area contributed by atoms with E-state index < -0.39 is 6.10 Å². The first-order valence-corrected chi connectivity index (χ1v) is 12.0. The number of amides is 1. The van der Waals surface area contributed by atoms with Crippen LogP contribution in [0.1, 0.15) is 12.5 Å². The van der Waals surface area contributed by atoms with Gasteiger partial charge in [0.1, 0.15) is 16.6 Å². The first-order valence-electron chi connectivity index (χ1n) is 11.2. The second kappa shape index (κ2) is 9.26. The molecule has 0 bridgehead atoms. The summed E-state index contributed by atoms with van der Waals surface area (Å²) < 4.78 is 7.21. The molecule has 1 fully saturated rings. The molecular formula is C25H25N5O3S. The van der Waals surface area contributed by atoms with Gasteiger partial charge in [-0.1, -0.05) is 53.8 Å². The summed E-state index contributed by atoms with van der Waals surface area (Å²) in [5.74, 6) is 1.26. The molecule has 8 nitrogen and oxygen atoms in total. The van der Waals surface area contributed by atoms with E-state index in [1.807, 2.05) is 71.3 Å². The number of aryl methyl sites for hydroxylation is 1. The fraction of sp³-hybridized carbons (Fsp3) is 0.280. The molecule has 1 saturated heterocycles. The second-order valence-electron chi connectivity index (χ2n) is 8.31. The van der Waals surface area contributed by atoms with Gasteiger partial charge < -0.3 is 14.5 Å². The molecule has 174 valence electrons. The number of ether oxygens (including phenoxy) is 1. The number of anilines is 1. The highest BCUT2D eigenvalue weighted by atomic mass is 32.1. The van der Waals surface area contributed by atoms with Crippen molar-refractivity contribution in [3.63, 3.8) is 0 Å². The predicted molar refractivity (Wildman–Crippen MR) is 133 cm³/mol. The van der Waals surface area contributed by atoms with Crippen LogP contribution in [0.2, 0.25) is 0 Å². The van der Waals surface area contributed by atoms with Crippen LogP contribution in [0.15, 0.2) is 65.5 Å². The Labute approximate surface area is 201 Å². The number of benzene rings is 2. The zero-order chi connectivity index (χ0) is 23.7. The Kier molecular flexibility index (Phi) is 6.02. The Bertz CT molecular complexity index is 1380. The molecule has 0 spiro atoms. The summed E-state index contributed by atoms with van der Waals surface area (Å²) in [7, 11) is 0. The monoisotopic (exact) mass is 475 g/mol. The van der Waals surface area contributed by atoms with Crippen LogP contribution in [0.5, 0.6) is 5.75 Å². The molecule has 9 heteroatoms. The predicted octanol–water partition coefficient (Wildman–Crippen LogP) is 3.24. The van der Waals surface area contributed by atoms with Crippen molar-refractivity contribution in [1.29, 1.82) is 0 Å². The van der Waals surface area contributed by atoms with Gasteiger partial charge in [0, 0.05) is 37.8 Å². The number of rotatable bonds is 5. The Morgan fingerprint density at radius 3 is 2.53 bits per heavy atom. The van der Waals surface area contributed by atoms with Crippen LogP contribution in [0.4, 0.5) is 5.82 Å². The highest BCUT2D eigenvalue weighted by molar-refractivity contribution is 7.19. The Hall–Kier alpha value is -3.72. The minimum Gasteiger partial charge on any atom is -0.481 e. The zero-order valence-corrected chi connectivity index (χ0v) is 19.9. The lowest BCUT2D eigenvalue weighted by atomic mass is 10.2. The number of aromatic nitrogens is 3. The van der Waals surface area contributed by atoms with Crippen molar-refractivity contribution in [1.82, 2.24) is 19.5 Å². The fourth-order valence-corrected chi connectivity index (χ4v) is 4.92. The molecule has 1 aliphatic rings. The van der Waals surface area contributed by atoms with Gasteiger partial charge in [0.2, 0.25) is 4.96 Å². The molecule has 0 aliphatic carbocycles. The van der Waals surface area contributed by atoms with E-state index in [0.29, 0.717) is 42.7 Å². The molecule has 1 atom stereocenters. The number of hydrogen-bond acceptors (Lipinski definition) is 7. The highest BCUT2D eigenvalue weighted by Gasteiger charge is 2.27. The average Bonchev–Trinajstić information content (AvgIpc) is 3.29. The average molecular weight is 476 g/mol. The summed E-state index contributed by atoms with van der Waals surface area (Å²) in [6, 6.07) is 19.0. The number of nitrogens with zero attached hydrogens (tertiary/aromatic N) is 5. The Morgan fingerprint density at radius 2 is 1.79 bits per heavy atom. The Morgan fingerprint density at radius 1 is 1.03 bits per heavy atom. The van der Waals surface area contributed by atoms with Gasteiger partial charge in [-0.25, -0.2) is 4.98 Å². The second-order valence-corrected chi connectivity index (χ2v) is 9.27. The Balaban J connectivity index is 1.26. The summed E-state index contributed by atoms with van der Waals surface area (Å²) in [5.41, 5.74) is 1.83. The summed E-state index contributed by atoms with van der Waals surface area (Å²) in [6.45, 7) is 6.04. The van der Waals surface area contributed by atoms with Crippen molar-refractivity contribution >= 4 is 28.0 Å². The maximum atomic E-state index is 12.9. The van der Waals surface area contributed by atoms with Gasteiger partial charge in [0.25, 0.3) is 11.5 Å². The van der Waals surface area contributed by atoms with Gasteiger partial charge in [-0.05, 0) is 31.5 Å². The molecule has 0 saturated carbocycles. The molecular weight excluding hydrogens is 450 g/mol. The van der Waals surface area contributed by atoms with Gasteiger partial charge >= 0.3 is 0 Å². The van der Waals surface area contributed by atoms with Crippen molar-refractivity contribution in [2.45, 2.75) is 20.0 Å². The van der Waals surface area contributed by atoms with Gasteiger partial charge in [0.05, 0.1) is 0 Å². The first kappa shape index (κ1) is 22.1. The van der Waals surface area contributed by atoms with Crippen LogP contribution in [0, 0.1) is 6.92 Å². The number of hydrogen-bond donors (Lipinski definition) is 0. The normalized spacial score (nSPS) is 14.9. The largest absolute Gasteiger partial charge is 0.481 e. The van der Waals surface area contributed by atoms with Crippen LogP contribution < -0.4 is 15.2 Å². The number of piperazine rings is 1. The fourth-order valence-electron chi connectivity index (χ4n) is 4.01. The van der Waals surface area contributed by atoms with Gasteiger partial charge in [0.15, 0.2) is 6.10 Å². The highest BCUT2D eigenvalue weighted by Crippen LogP contribution is 2.25.